The first-order valence-electron chi connectivity index (χ1n) is 11.5. The van der Waals surface area contributed by atoms with Gasteiger partial charge in [0.25, 0.3) is 15.7 Å². The van der Waals surface area contributed by atoms with E-state index < -0.39 is 26.5 Å². The van der Waals surface area contributed by atoms with Gasteiger partial charge in [0, 0.05) is 34.0 Å². The Balaban J connectivity index is 1.78. The van der Waals surface area contributed by atoms with Crippen LogP contribution in [0.15, 0.2) is 57.1 Å². The standard InChI is InChI=1S/C24H21N3O9S2/c28-20(29)8-2-1-5-9-25-22-14-10-13(37-36-35-31)11-16-21(14)15(12-19(22)38(32,33)34)23-26-17-6-3-4-7-18(17)27(23)24(16)30/h3-4,6-7,10-12,25,31H,1-2,5,8-9H2,(H,28,29)(H,32,33,34). The lowest BCUT2D eigenvalue weighted by Gasteiger charge is -2.17. The van der Waals surface area contributed by atoms with Crippen molar-refractivity contribution < 1.29 is 37.5 Å². The second-order valence-corrected chi connectivity index (χ2v) is 10.8. The van der Waals surface area contributed by atoms with Gasteiger partial charge in [-0.25, -0.2) is 10.2 Å². The van der Waals surface area contributed by atoms with Crippen molar-refractivity contribution in [1.82, 2.24) is 9.38 Å². The summed E-state index contributed by atoms with van der Waals surface area (Å²) in [5.41, 5.74) is 0.944. The van der Waals surface area contributed by atoms with E-state index in [-0.39, 0.29) is 29.7 Å². The van der Waals surface area contributed by atoms with Crippen LogP contribution in [-0.4, -0.2) is 45.2 Å². The highest BCUT2D eigenvalue weighted by Crippen LogP contribution is 2.41. The number of hydrogen-bond donors (Lipinski definition) is 4. The van der Waals surface area contributed by atoms with Crippen LogP contribution in [0.25, 0.3) is 38.2 Å². The Kier molecular flexibility index (Phi) is 7.09. The fourth-order valence-electron chi connectivity index (χ4n) is 4.67. The Morgan fingerprint density at radius 1 is 1.08 bits per heavy atom. The Hall–Kier alpha value is -3.53. The number of nitrogens with zero attached hydrogens (tertiary/aromatic N) is 2. The second-order valence-electron chi connectivity index (χ2n) is 8.59. The maximum atomic E-state index is 13.7. The summed E-state index contributed by atoms with van der Waals surface area (Å²) in [7, 11) is -4.75. The van der Waals surface area contributed by atoms with Crippen LogP contribution in [-0.2, 0) is 24.3 Å². The van der Waals surface area contributed by atoms with Crippen LogP contribution in [0, 0.1) is 0 Å². The number of rotatable bonds is 11. The molecule has 0 aliphatic carbocycles. The molecule has 14 heteroatoms. The quantitative estimate of drug-likeness (QED) is 0.0593. The zero-order valence-electron chi connectivity index (χ0n) is 19.6. The molecule has 0 saturated carbocycles. The van der Waals surface area contributed by atoms with Gasteiger partial charge in [-0.3, -0.25) is 18.5 Å². The largest absolute Gasteiger partial charge is 0.481 e. The molecule has 5 aromatic rings. The first-order valence-corrected chi connectivity index (χ1v) is 13.6. The van der Waals surface area contributed by atoms with Gasteiger partial charge in [-0.05, 0) is 43.2 Å². The predicted molar refractivity (Wildman–Crippen MR) is 140 cm³/mol. The SMILES string of the molecule is O=C(O)CCCCCNc1c(S(=O)(=O)O)cc2c3c1cc(SOOO)cc3c(=O)n1c3ccccc3nc21. The van der Waals surface area contributed by atoms with Gasteiger partial charge < -0.3 is 10.4 Å². The van der Waals surface area contributed by atoms with Crippen molar-refractivity contribution in [1.29, 1.82) is 0 Å². The summed E-state index contributed by atoms with van der Waals surface area (Å²) in [6, 6.07) is 11.3. The zero-order chi connectivity index (χ0) is 27.0. The van der Waals surface area contributed by atoms with Crippen molar-refractivity contribution in [2.24, 2.45) is 0 Å². The zero-order valence-corrected chi connectivity index (χ0v) is 21.2. The lowest BCUT2D eigenvalue weighted by Crippen LogP contribution is -2.15. The van der Waals surface area contributed by atoms with Gasteiger partial charge in [0.1, 0.15) is 10.5 Å². The third kappa shape index (κ3) is 4.73. The number of benzene rings is 3. The molecule has 4 N–H and O–H groups in total. The van der Waals surface area contributed by atoms with E-state index >= 15 is 0 Å². The minimum Gasteiger partial charge on any atom is -0.481 e. The first kappa shape index (κ1) is 26.1. The monoisotopic (exact) mass is 559 g/mol. The minimum absolute atomic E-state index is 0.0217. The van der Waals surface area contributed by atoms with Gasteiger partial charge in [0.05, 0.1) is 34.1 Å². The predicted octanol–water partition coefficient (Wildman–Crippen LogP) is 4.32. The van der Waals surface area contributed by atoms with Crippen LogP contribution in [0.4, 0.5) is 5.69 Å². The number of anilines is 1. The summed E-state index contributed by atoms with van der Waals surface area (Å²) in [6.45, 7) is 0.270. The van der Waals surface area contributed by atoms with Crippen molar-refractivity contribution >= 4 is 72.0 Å². The smallest absolute Gasteiger partial charge is 0.303 e. The second kappa shape index (κ2) is 10.3. The van der Waals surface area contributed by atoms with Gasteiger partial charge in [0.2, 0.25) is 0 Å². The summed E-state index contributed by atoms with van der Waals surface area (Å²) in [5, 5.41) is 25.5. The topological polar surface area (TPSA) is 177 Å². The molecule has 0 aliphatic rings. The highest BCUT2D eigenvalue weighted by molar-refractivity contribution is 7.94. The maximum absolute atomic E-state index is 13.7. The molecular formula is C24H21N3O9S2. The number of nitrogens with one attached hydrogen (secondary N) is 1. The van der Waals surface area contributed by atoms with E-state index in [0.29, 0.717) is 63.4 Å². The average molecular weight is 560 g/mol. The van der Waals surface area contributed by atoms with E-state index in [0.717, 1.165) is 0 Å². The number of aromatic nitrogens is 2. The summed E-state index contributed by atoms with van der Waals surface area (Å²) < 4.78 is 41.2. The molecule has 0 amide bonds. The van der Waals surface area contributed by atoms with Crippen LogP contribution in [0.3, 0.4) is 0 Å². The molecule has 0 spiro atoms. The lowest BCUT2D eigenvalue weighted by atomic mass is 10.0. The number of para-hydroxylation sites is 2. The highest BCUT2D eigenvalue weighted by atomic mass is 32.2. The van der Waals surface area contributed by atoms with Crippen LogP contribution in [0.2, 0.25) is 0 Å². The fraction of sp³-hybridized carbons (Fsp3) is 0.208. The summed E-state index contributed by atoms with van der Waals surface area (Å²) in [5.74, 6) is -0.898. The molecule has 2 aromatic heterocycles. The molecule has 0 unspecified atom stereocenters. The van der Waals surface area contributed by atoms with Crippen LogP contribution < -0.4 is 10.9 Å². The van der Waals surface area contributed by atoms with E-state index in [1.165, 1.54) is 16.5 Å². The maximum Gasteiger partial charge on any atom is 0.303 e. The number of pyridine rings is 1. The molecule has 0 bridgehead atoms. The summed E-state index contributed by atoms with van der Waals surface area (Å²) >= 11 is 0.599. The van der Waals surface area contributed by atoms with E-state index in [1.54, 1.807) is 30.3 Å². The molecule has 38 heavy (non-hydrogen) atoms. The number of imidazole rings is 1. The number of carboxylic acids is 1. The highest BCUT2D eigenvalue weighted by Gasteiger charge is 2.25. The molecule has 12 nitrogen and oxygen atoms in total. The van der Waals surface area contributed by atoms with Gasteiger partial charge in [-0.2, -0.15) is 8.42 Å². The van der Waals surface area contributed by atoms with Gasteiger partial charge >= 0.3 is 5.97 Å². The number of unbranched alkanes of at least 4 members (excludes halogenated alkanes) is 2. The molecule has 2 heterocycles. The molecule has 0 atom stereocenters. The Morgan fingerprint density at radius 2 is 1.84 bits per heavy atom. The molecule has 3 aromatic carbocycles. The summed E-state index contributed by atoms with van der Waals surface area (Å²) in [6.07, 6.45) is 1.58. The normalized spacial score (nSPS) is 12.3. The van der Waals surface area contributed by atoms with Crippen LogP contribution in [0.1, 0.15) is 25.7 Å². The van der Waals surface area contributed by atoms with Crippen molar-refractivity contribution in [3.05, 3.63) is 52.8 Å². The minimum atomic E-state index is -4.75. The molecule has 0 aliphatic heterocycles. The average Bonchev–Trinajstić information content (AvgIpc) is 3.27. The Morgan fingerprint density at radius 3 is 2.58 bits per heavy atom. The number of aliphatic carboxylic acids is 1. The third-order valence-electron chi connectivity index (χ3n) is 6.22. The third-order valence-corrected chi connectivity index (χ3v) is 7.65. The van der Waals surface area contributed by atoms with E-state index in [1.807, 2.05) is 0 Å². The lowest BCUT2D eigenvalue weighted by molar-refractivity contribution is -0.432. The molecular weight excluding hydrogens is 538 g/mol. The van der Waals surface area contributed by atoms with Crippen molar-refractivity contribution in [2.75, 3.05) is 11.9 Å². The number of hydrogen-bond acceptors (Lipinski definition) is 10. The molecule has 0 saturated heterocycles. The fourth-order valence-corrected chi connectivity index (χ4v) is 5.82. The van der Waals surface area contributed by atoms with Crippen molar-refractivity contribution in [2.45, 2.75) is 35.5 Å². The Labute approximate surface area is 219 Å². The van der Waals surface area contributed by atoms with Gasteiger partial charge in [-0.1, -0.05) is 23.6 Å². The first-order chi connectivity index (χ1) is 18.2. The molecule has 0 radical (unpaired) electrons. The van der Waals surface area contributed by atoms with E-state index in [9.17, 15) is 22.6 Å². The van der Waals surface area contributed by atoms with Crippen molar-refractivity contribution in [3.8, 4) is 0 Å². The molecule has 198 valence electrons. The summed E-state index contributed by atoms with van der Waals surface area (Å²) in [4.78, 5) is 29.0. The van der Waals surface area contributed by atoms with Gasteiger partial charge in [0.15, 0.2) is 0 Å². The Bertz CT molecular complexity index is 1860. The number of fused-ring (bicyclic) bond motifs is 4. The molecule has 0 fully saturated rings. The van der Waals surface area contributed by atoms with Gasteiger partial charge in [-0.15, -0.1) is 4.33 Å². The van der Waals surface area contributed by atoms with Crippen LogP contribution in [0.5, 0.6) is 0 Å². The van der Waals surface area contributed by atoms with Crippen molar-refractivity contribution in [3.63, 3.8) is 0 Å². The van der Waals surface area contributed by atoms with Crippen LogP contribution >= 0.6 is 12.0 Å². The number of carbonyl (C=O) groups is 1. The van der Waals surface area contributed by atoms with E-state index in [4.69, 9.17) is 10.4 Å². The molecule has 5 rings (SSSR count). The number of carboxylic acid groups (broad SMARTS) is 1. The van der Waals surface area contributed by atoms with E-state index in [2.05, 4.69) is 19.7 Å².